The molecule has 0 aliphatic heterocycles. The number of nitrogens with zero attached hydrogens (tertiary/aromatic N) is 1. The molecule has 4 heteroatoms. The van der Waals surface area contributed by atoms with Crippen LogP contribution in [0.3, 0.4) is 0 Å². The van der Waals surface area contributed by atoms with Gasteiger partial charge in [-0.25, -0.2) is 8.42 Å². The second kappa shape index (κ2) is 5.25. The first kappa shape index (κ1) is 14.5. The van der Waals surface area contributed by atoms with Crippen molar-refractivity contribution in [2.24, 2.45) is 11.8 Å². The maximum atomic E-state index is 12.5. The van der Waals surface area contributed by atoms with E-state index >= 15 is 0 Å². The number of hydrogen-bond donors (Lipinski definition) is 0. The van der Waals surface area contributed by atoms with Crippen LogP contribution in [0.2, 0.25) is 0 Å². The summed E-state index contributed by atoms with van der Waals surface area (Å²) >= 11 is 0. The van der Waals surface area contributed by atoms with Crippen LogP contribution in [0.25, 0.3) is 0 Å². The normalized spacial score (nSPS) is 30.6. The lowest BCUT2D eigenvalue weighted by Crippen LogP contribution is -2.41. The average Bonchev–Trinajstić information content (AvgIpc) is 2.36. The van der Waals surface area contributed by atoms with E-state index in [0.29, 0.717) is 10.9 Å². The molecule has 0 radical (unpaired) electrons. The lowest BCUT2D eigenvalue weighted by atomic mass is 9.77. The van der Waals surface area contributed by atoms with E-state index in [0.717, 1.165) is 6.42 Å². The average molecular weight is 281 g/mol. The maximum Gasteiger partial charge on any atom is 0.177 e. The Morgan fingerprint density at radius 2 is 1.95 bits per heavy atom. The van der Waals surface area contributed by atoms with Gasteiger partial charge in [0, 0.05) is 17.9 Å². The van der Waals surface area contributed by atoms with Crippen molar-refractivity contribution in [3.8, 4) is 0 Å². The van der Waals surface area contributed by atoms with Crippen molar-refractivity contribution in [1.29, 1.82) is 0 Å². The lowest BCUT2D eigenvalue weighted by molar-refractivity contribution is 0.210. The molecule has 0 N–H and O–H groups in total. The summed E-state index contributed by atoms with van der Waals surface area (Å²) in [7, 11) is 0.939. The van der Waals surface area contributed by atoms with Crippen molar-refractivity contribution in [3.05, 3.63) is 35.3 Å². The monoisotopic (exact) mass is 281 g/mol. The van der Waals surface area contributed by atoms with Gasteiger partial charge in [0.05, 0.1) is 10.2 Å². The molecule has 3 nitrogen and oxygen atoms in total. The SMILES string of the molecule is CC(C)S(=O)(=O)C1=CC=CC2C1C=CCC2N(C)C. The van der Waals surface area contributed by atoms with Crippen molar-refractivity contribution in [3.63, 3.8) is 0 Å². The Hall–Kier alpha value is -0.870. The zero-order valence-electron chi connectivity index (χ0n) is 12.1. The predicted octanol–water partition coefficient (Wildman–Crippen LogP) is 2.39. The highest BCUT2D eigenvalue weighted by Crippen LogP contribution is 2.39. The van der Waals surface area contributed by atoms with Crippen LogP contribution in [-0.2, 0) is 9.84 Å². The molecule has 3 atom stereocenters. The first-order chi connectivity index (χ1) is 8.85. The van der Waals surface area contributed by atoms with Gasteiger partial charge in [-0.2, -0.15) is 0 Å². The first-order valence-electron chi connectivity index (χ1n) is 6.81. The summed E-state index contributed by atoms with van der Waals surface area (Å²) in [4.78, 5) is 2.77. The molecular formula is C15H23NO2S. The van der Waals surface area contributed by atoms with Crippen molar-refractivity contribution in [2.45, 2.75) is 31.6 Å². The van der Waals surface area contributed by atoms with Gasteiger partial charge in [0.2, 0.25) is 0 Å². The molecular weight excluding hydrogens is 258 g/mol. The van der Waals surface area contributed by atoms with Crippen LogP contribution < -0.4 is 0 Å². The van der Waals surface area contributed by atoms with Gasteiger partial charge in [0.25, 0.3) is 0 Å². The Morgan fingerprint density at radius 3 is 2.53 bits per heavy atom. The van der Waals surface area contributed by atoms with Crippen molar-refractivity contribution >= 4 is 9.84 Å². The molecule has 0 aromatic rings. The molecule has 19 heavy (non-hydrogen) atoms. The molecule has 0 saturated carbocycles. The Kier molecular flexibility index (Phi) is 4.02. The van der Waals surface area contributed by atoms with Crippen LogP contribution in [0, 0.1) is 11.8 Å². The lowest BCUT2D eigenvalue weighted by Gasteiger charge is -2.39. The molecule has 0 bridgehead atoms. The van der Waals surface area contributed by atoms with E-state index in [1.54, 1.807) is 19.9 Å². The van der Waals surface area contributed by atoms with Crippen LogP contribution in [0.4, 0.5) is 0 Å². The third-order valence-electron chi connectivity index (χ3n) is 4.11. The summed E-state index contributed by atoms with van der Waals surface area (Å²) in [5.41, 5.74) is 0. The topological polar surface area (TPSA) is 37.4 Å². The number of hydrogen-bond acceptors (Lipinski definition) is 3. The van der Waals surface area contributed by atoms with E-state index < -0.39 is 9.84 Å². The molecule has 0 aromatic heterocycles. The smallest absolute Gasteiger partial charge is 0.177 e. The Labute approximate surface area is 116 Å². The highest BCUT2D eigenvalue weighted by molar-refractivity contribution is 7.95. The minimum absolute atomic E-state index is 0.00134. The second-order valence-corrected chi connectivity index (χ2v) is 8.35. The number of allylic oxidation sites excluding steroid dienone is 4. The molecule has 0 fully saturated rings. The minimum Gasteiger partial charge on any atom is -0.306 e. The van der Waals surface area contributed by atoms with Crippen LogP contribution in [0.1, 0.15) is 20.3 Å². The molecule has 0 amide bonds. The largest absolute Gasteiger partial charge is 0.306 e. The van der Waals surface area contributed by atoms with Gasteiger partial charge in [0.15, 0.2) is 9.84 Å². The van der Waals surface area contributed by atoms with Crippen LogP contribution in [-0.4, -0.2) is 38.7 Å². The second-order valence-electron chi connectivity index (χ2n) is 5.85. The van der Waals surface area contributed by atoms with E-state index in [-0.39, 0.29) is 17.1 Å². The highest BCUT2D eigenvalue weighted by atomic mass is 32.2. The first-order valence-corrected chi connectivity index (χ1v) is 8.35. The summed E-state index contributed by atoms with van der Waals surface area (Å²) in [6.07, 6.45) is 11.0. The van der Waals surface area contributed by atoms with Gasteiger partial charge in [-0.15, -0.1) is 0 Å². The maximum absolute atomic E-state index is 12.5. The Bertz CT molecular complexity index is 526. The van der Waals surface area contributed by atoms with Gasteiger partial charge < -0.3 is 4.90 Å². The summed E-state index contributed by atoms with van der Waals surface area (Å²) in [5.74, 6) is 0.257. The van der Waals surface area contributed by atoms with Gasteiger partial charge in [-0.1, -0.05) is 24.3 Å². The molecule has 106 valence electrons. The van der Waals surface area contributed by atoms with E-state index in [9.17, 15) is 8.42 Å². The van der Waals surface area contributed by atoms with E-state index in [1.165, 1.54) is 0 Å². The third kappa shape index (κ3) is 2.56. The van der Waals surface area contributed by atoms with Crippen molar-refractivity contribution in [2.75, 3.05) is 14.1 Å². The standard InChI is InChI=1S/C15H23NO2S/c1-11(2)19(17,18)15-10-6-7-12-13(15)8-5-9-14(12)16(3)4/h5-8,10-14H,9H2,1-4H3. The molecule has 0 saturated heterocycles. The third-order valence-corrected chi connectivity index (χ3v) is 6.42. The van der Waals surface area contributed by atoms with Crippen LogP contribution in [0.5, 0.6) is 0 Å². The summed E-state index contributed by atoms with van der Waals surface area (Å²) in [6.45, 7) is 3.50. The van der Waals surface area contributed by atoms with Crippen LogP contribution >= 0.6 is 0 Å². The molecule has 0 heterocycles. The van der Waals surface area contributed by atoms with E-state index in [1.807, 2.05) is 6.08 Å². The minimum atomic E-state index is -3.18. The van der Waals surface area contributed by atoms with E-state index in [4.69, 9.17) is 0 Å². The van der Waals surface area contributed by atoms with Crippen LogP contribution in [0.15, 0.2) is 35.3 Å². The molecule has 0 aromatic carbocycles. The highest BCUT2D eigenvalue weighted by Gasteiger charge is 2.38. The predicted molar refractivity (Wildman–Crippen MR) is 79.5 cm³/mol. The fourth-order valence-corrected chi connectivity index (χ4v) is 4.35. The molecule has 2 aliphatic rings. The summed E-state index contributed by atoms with van der Waals surface area (Å²) < 4.78 is 24.9. The van der Waals surface area contributed by atoms with E-state index in [2.05, 4.69) is 37.2 Å². The molecule has 2 aliphatic carbocycles. The van der Waals surface area contributed by atoms with Gasteiger partial charge in [-0.05, 0) is 40.4 Å². The summed E-state index contributed by atoms with van der Waals surface area (Å²) in [5, 5.41) is -0.362. The van der Waals surface area contributed by atoms with Gasteiger partial charge in [-0.3, -0.25) is 0 Å². The molecule has 3 unspecified atom stereocenters. The van der Waals surface area contributed by atoms with Crippen molar-refractivity contribution in [1.82, 2.24) is 4.90 Å². The zero-order valence-corrected chi connectivity index (χ0v) is 12.9. The number of rotatable bonds is 3. The Balaban J connectivity index is 2.40. The Morgan fingerprint density at radius 1 is 1.26 bits per heavy atom. The summed E-state index contributed by atoms with van der Waals surface area (Å²) in [6, 6.07) is 0.373. The van der Waals surface area contributed by atoms with Gasteiger partial charge >= 0.3 is 0 Å². The fourth-order valence-electron chi connectivity index (χ4n) is 2.92. The number of sulfone groups is 1. The quantitative estimate of drug-likeness (QED) is 0.745. The fraction of sp³-hybridized carbons (Fsp3) is 0.600. The van der Waals surface area contributed by atoms with Gasteiger partial charge in [0.1, 0.15) is 0 Å². The van der Waals surface area contributed by atoms with Crippen molar-refractivity contribution < 1.29 is 8.42 Å². The molecule has 0 spiro atoms. The number of fused-ring (bicyclic) bond motifs is 1. The zero-order chi connectivity index (χ0) is 14.2. The molecule has 2 rings (SSSR count).